The topological polar surface area (TPSA) is 90.0 Å². The average molecular weight is 325 g/mol. The molecule has 2 fully saturated rings. The second-order valence-corrected chi connectivity index (χ2v) is 6.58. The molecule has 7 nitrogen and oxygen atoms in total. The van der Waals surface area contributed by atoms with Gasteiger partial charge in [0.1, 0.15) is 0 Å². The molecule has 2 aliphatic rings. The van der Waals surface area contributed by atoms with Gasteiger partial charge < -0.3 is 20.2 Å². The molecule has 0 spiro atoms. The molecule has 0 aromatic rings. The molecule has 2 saturated heterocycles. The minimum Gasteiger partial charge on any atom is -0.481 e. The molecule has 0 aliphatic carbocycles. The lowest BCUT2D eigenvalue weighted by Gasteiger charge is -2.34. The average Bonchev–Trinajstić information content (AvgIpc) is 3.06. The zero-order valence-electron chi connectivity index (χ0n) is 13.8. The van der Waals surface area contributed by atoms with Gasteiger partial charge in [-0.05, 0) is 39.0 Å². The fourth-order valence-electron chi connectivity index (χ4n) is 3.21. The van der Waals surface area contributed by atoms with Gasteiger partial charge in [0.15, 0.2) is 0 Å². The minimum absolute atomic E-state index is 0.0174. The number of carboxylic acids is 1. The number of nitrogens with one attached hydrogen (secondary N) is 1. The number of hydrogen-bond acceptors (Lipinski definition) is 3. The van der Waals surface area contributed by atoms with E-state index in [4.69, 9.17) is 5.11 Å². The highest BCUT2D eigenvalue weighted by Gasteiger charge is 2.30. The van der Waals surface area contributed by atoms with Crippen LogP contribution in [0.2, 0.25) is 0 Å². The predicted molar refractivity (Wildman–Crippen MR) is 85.0 cm³/mol. The number of hydrogen-bond donors (Lipinski definition) is 2. The number of carboxylic acid groups (broad SMARTS) is 1. The smallest absolute Gasteiger partial charge is 0.319 e. The standard InChI is InChI=1S/C16H27N3O4/c1-12(4-5-14(20)21)17-15(22)13-6-10-19(11-7-13)16(23)18-8-2-3-9-18/h12-13H,2-11H2,1H3,(H,17,22)(H,20,21). The van der Waals surface area contributed by atoms with Crippen molar-refractivity contribution in [2.75, 3.05) is 26.2 Å². The Balaban J connectivity index is 1.71. The van der Waals surface area contributed by atoms with Crippen LogP contribution >= 0.6 is 0 Å². The highest BCUT2D eigenvalue weighted by atomic mass is 16.4. The van der Waals surface area contributed by atoms with Crippen molar-refractivity contribution in [1.29, 1.82) is 0 Å². The molecule has 0 bridgehead atoms. The third-order valence-electron chi connectivity index (χ3n) is 4.69. The lowest BCUT2D eigenvalue weighted by molar-refractivity contribution is -0.137. The summed E-state index contributed by atoms with van der Waals surface area (Å²) in [5, 5.41) is 11.6. The maximum absolute atomic E-state index is 12.3. The van der Waals surface area contributed by atoms with Gasteiger partial charge in [-0.3, -0.25) is 9.59 Å². The van der Waals surface area contributed by atoms with Crippen molar-refractivity contribution < 1.29 is 19.5 Å². The summed E-state index contributed by atoms with van der Waals surface area (Å²) in [7, 11) is 0. The number of carbonyl (C=O) groups is 3. The van der Waals surface area contributed by atoms with Crippen LogP contribution < -0.4 is 5.32 Å². The van der Waals surface area contributed by atoms with E-state index < -0.39 is 5.97 Å². The summed E-state index contributed by atoms with van der Waals surface area (Å²) >= 11 is 0. The molecule has 2 aliphatic heterocycles. The van der Waals surface area contributed by atoms with Crippen LogP contribution in [-0.2, 0) is 9.59 Å². The summed E-state index contributed by atoms with van der Waals surface area (Å²) in [6.45, 7) is 4.77. The van der Waals surface area contributed by atoms with Crippen LogP contribution in [0.15, 0.2) is 0 Å². The summed E-state index contributed by atoms with van der Waals surface area (Å²) in [6.07, 6.45) is 4.02. The highest BCUT2D eigenvalue weighted by molar-refractivity contribution is 5.80. The zero-order chi connectivity index (χ0) is 16.8. The fourth-order valence-corrected chi connectivity index (χ4v) is 3.21. The first kappa shape index (κ1) is 17.6. The Morgan fingerprint density at radius 1 is 1.09 bits per heavy atom. The monoisotopic (exact) mass is 325 g/mol. The number of carbonyl (C=O) groups excluding carboxylic acids is 2. The van der Waals surface area contributed by atoms with E-state index in [1.165, 1.54) is 0 Å². The van der Waals surface area contributed by atoms with E-state index in [0.717, 1.165) is 25.9 Å². The first-order valence-corrected chi connectivity index (χ1v) is 8.53. The van der Waals surface area contributed by atoms with Crippen LogP contribution in [0.3, 0.4) is 0 Å². The summed E-state index contributed by atoms with van der Waals surface area (Å²) in [4.78, 5) is 38.8. The Morgan fingerprint density at radius 2 is 1.65 bits per heavy atom. The van der Waals surface area contributed by atoms with Crippen molar-refractivity contribution in [2.45, 2.75) is 51.5 Å². The SMILES string of the molecule is CC(CCC(=O)O)NC(=O)C1CCN(C(=O)N2CCCC2)CC1. The molecule has 23 heavy (non-hydrogen) atoms. The van der Waals surface area contributed by atoms with Crippen LogP contribution in [0.4, 0.5) is 4.79 Å². The second kappa shape index (κ2) is 8.17. The Hall–Kier alpha value is -1.79. The number of urea groups is 1. The van der Waals surface area contributed by atoms with Crippen LogP contribution in [0.5, 0.6) is 0 Å². The lowest BCUT2D eigenvalue weighted by atomic mass is 9.95. The Bertz CT molecular complexity index is 441. The second-order valence-electron chi connectivity index (χ2n) is 6.58. The molecule has 1 atom stereocenters. The van der Waals surface area contributed by atoms with E-state index in [9.17, 15) is 14.4 Å². The Morgan fingerprint density at radius 3 is 2.22 bits per heavy atom. The predicted octanol–water partition coefficient (Wildman–Crippen LogP) is 1.28. The summed E-state index contributed by atoms with van der Waals surface area (Å²) < 4.78 is 0. The fraction of sp³-hybridized carbons (Fsp3) is 0.812. The molecular formula is C16H27N3O4. The summed E-state index contributed by atoms with van der Waals surface area (Å²) in [5.41, 5.74) is 0. The minimum atomic E-state index is -0.847. The molecule has 3 amide bonds. The number of rotatable bonds is 5. The normalized spacial score (nSPS) is 20.4. The molecule has 2 rings (SSSR count). The molecular weight excluding hydrogens is 298 g/mol. The number of likely N-dealkylation sites (tertiary alicyclic amines) is 2. The molecule has 0 radical (unpaired) electrons. The van der Waals surface area contributed by atoms with E-state index in [-0.39, 0.29) is 30.3 Å². The quantitative estimate of drug-likeness (QED) is 0.797. The third kappa shape index (κ3) is 5.11. The van der Waals surface area contributed by atoms with Crippen molar-refractivity contribution >= 4 is 17.9 Å². The molecule has 2 N–H and O–H groups in total. The van der Waals surface area contributed by atoms with Gasteiger partial charge in [0.25, 0.3) is 0 Å². The van der Waals surface area contributed by atoms with Gasteiger partial charge in [-0.1, -0.05) is 0 Å². The van der Waals surface area contributed by atoms with Gasteiger partial charge in [-0.15, -0.1) is 0 Å². The van der Waals surface area contributed by atoms with Gasteiger partial charge in [-0.2, -0.15) is 0 Å². The van der Waals surface area contributed by atoms with Crippen molar-refractivity contribution in [3.63, 3.8) is 0 Å². The van der Waals surface area contributed by atoms with Gasteiger partial charge >= 0.3 is 12.0 Å². The van der Waals surface area contributed by atoms with Crippen LogP contribution in [0, 0.1) is 5.92 Å². The van der Waals surface area contributed by atoms with Crippen LogP contribution in [0.25, 0.3) is 0 Å². The van der Waals surface area contributed by atoms with E-state index in [1.54, 1.807) is 0 Å². The molecule has 7 heteroatoms. The van der Waals surface area contributed by atoms with E-state index in [0.29, 0.717) is 32.4 Å². The van der Waals surface area contributed by atoms with Gasteiger partial charge in [0, 0.05) is 44.6 Å². The van der Waals surface area contributed by atoms with Crippen LogP contribution in [0.1, 0.15) is 45.4 Å². The maximum Gasteiger partial charge on any atom is 0.319 e. The van der Waals surface area contributed by atoms with Crippen molar-refractivity contribution in [3.05, 3.63) is 0 Å². The molecule has 0 saturated carbocycles. The lowest BCUT2D eigenvalue weighted by Crippen LogP contribution is -2.48. The first-order chi connectivity index (χ1) is 11.0. The number of aliphatic carboxylic acids is 1. The third-order valence-corrected chi connectivity index (χ3v) is 4.69. The van der Waals surface area contributed by atoms with E-state index in [1.807, 2.05) is 16.7 Å². The van der Waals surface area contributed by atoms with Crippen LogP contribution in [-0.4, -0.2) is 65.0 Å². The summed E-state index contributed by atoms with van der Waals surface area (Å²) in [5.74, 6) is -0.944. The summed E-state index contributed by atoms with van der Waals surface area (Å²) in [6, 6.07) is -0.0287. The van der Waals surface area contributed by atoms with E-state index >= 15 is 0 Å². The molecule has 1 unspecified atom stereocenters. The largest absolute Gasteiger partial charge is 0.481 e. The van der Waals surface area contributed by atoms with Crippen molar-refractivity contribution in [3.8, 4) is 0 Å². The highest BCUT2D eigenvalue weighted by Crippen LogP contribution is 2.20. The van der Waals surface area contributed by atoms with Gasteiger partial charge in [0.05, 0.1) is 0 Å². The maximum atomic E-state index is 12.3. The molecule has 0 aromatic heterocycles. The van der Waals surface area contributed by atoms with Gasteiger partial charge in [-0.25, -0.2) is 4.79 Å². The molecule has 0 aromatic carbocycles. The van der Waals surface area contributed by atoms with Gasteiger partial charge in [0.2, 0.25) is 5.91 Å². The molecule has 130 valence electrons. The Kier molecular flexibility index (Phi) is 6.24. The number of piperidine rings is 1. The number of nitrogens with zero attached hydrogens (tertiary/aromatic N) is 2. The van der Waals surface area contributed by atoms with Crippen molar-refractivity contribution in [1.82, 2.24) is 15.1 Å². The zero-order valence-corrected chi connectivity index (χ0v) is 13.8. The Labute approximate surface area is 137 Å². The first-order valence-electron chi connectivity index (χ1n) is 8.53. The van der Waals surface area contributed by atoms with Crippen molar-refractivity contribution in [2.24, 2.45) is 5.92 Å². The number of amides is 3. The van der Waals surface area contributed by atoms with E-state index in [2.05, 4.69) is 5.32 Å². The molecule has 2 heterocycles.